The van der Waals surface area contributed by atoms with Crippen LogP contribution >= 0.6 is 15.9 Å². The van der Waals surface area contributed by atoms with Gasteiger partial charge in [0.15, 0.2) is 0 Å². The lowest BCUT2D eigenvalue weighted by Crippen LogP contribution is -2.15. The standard InChI is InChI=1S/C9H7BrF3NO2/c1-16-7(15)3-5-2-6(10)4-14-8(5)9(11,12)13/h2,4H,3H2,1H3. The minimum absolute atomic E-state index is 0.214. The van der Waals surface area contributed by atoms with Crippen molar-refractivity contribution in [2.24, 2.45) is 0 Å². The average molecular weight is 298 g/mol. The Labute approximate surface area is 97.8 Å². The summed E-state index contributed by atoms with van der Waals surface area (Å²) < 4.78 is 42.2. The summed E-state index contributed by atoms with van der Waals surface area (Å²) in [5, 5.41) is 0. The molecule has 0 N–H and O–H groups in total. The summed E-state index contributed by atoms with van der Waals surface area (Å²) in [5.74, 6) is -0.745. The van der Waals surface area contributed by atoms with Crippen LogP contribution in [0.5, 0.6) is 0 Å². The number of pyridine rings is 1. The van der Waals surface area contributed by atoms with Gasteiger partial charge in [0.05, 0.1) is 13.5 Å². The summed E-state index contributed by atoms with van der Waals surface area (Å²) >= 11 is 2.99. The summed E-state index contributed by atoms with van der Waals surface area (Å²) in [6.45, 7) is 0. The number of carbonyl (C=O) groups is 1. The third-order valence-corrected chi connectivity index (χ3v) is 2.20. The van der Waals surface area contributed by atoms with Gasteiger partial charge in [-0.15, -0.1) is 0 Å². The molecule has 0 saturated carbocycles. The molecule has 0 aromatic carbocycles. The molecule has 0 bridgehead atoms. The maximum absolute atomic E-state index is 12.5. The van der Waals surface area contributed by atoms with Gasteiger partial charge in [0.1, 0.15) is 5.69 Å². The molecule has 3 nitrogen and oxygen atoms in total. The van der Waals surface area contributed by atoms with Crippen molar-refractivity contribution in [1.82, 2.24) is 4.98 Å². The second-order valence-electron chi connectivity index (χ2n) is 2.91. The van der Waals surface area contributed by atoms with Crippen molar-refractivity contribution in [1.29, 1.82) is 0 Å². The van der Waals surface area contributed by atoms with Crippen molar-refractivity contribution in [3.05, 3.63) is 28.0 Å². The average Bonchev–Trinajstić information content (AvgIpc) is 2.15. The Hall–Kier alpha value is -1.11. The molecule has 7 heteroatoms. The van der Waals surface area contributed by atoms with E-state index in [-0.39, 0.29) is 5.56 Å². The van der Waals surface area contributed by atoms with E-state index in [1.54, 1.807) is 0 Å². The maximum atomic E-state index is 12.5. The molecule has 0 atom stereocenters. The van der Waals surface area contributed by atoms with Gasteiger partial charge < -0.3 is 4.74 Å². The first-order valence-electron chi connectivity index (χ1n) is 4.13. The van der Waals surface area contributed by atoms with E-state index in [2.05, 4.69) is 25.7 Å². The predicted molar refractivity (Wildman–Crippen MR) is 52.7 cm³/mol. The van der Waals surface area contributed by atoms with Gasteiger partial charge in [-0.05, 0) is 27.6 Å². The van der Waals surface area contributed by atoms with E-state index in [1.807, 2.05) is 0 Å². The first-order valence-corrected chi connectivity index (χ1v) is 4.92. The summed E-state index contributed by atoms with van der Waals surface area (Å²) in [5.41, 5.74) is -1.28. The van der Waals surface area contributed by atoms with Gasteiger partial charge in [0.25, 0.3) is 0 Å². The zero-order chi connectivity index (χ0) is 12.3. The Morgan fingerprint density at radius 2 is 2.19 bits per heavy atom. The summed E-state index contributed by atoms with van der Waals surface area (Å²) in [6, 6.07) is 1.20. The third kappa shape index (κ3) is 3.19. The van der Waals surface area contributed by atoms with E-state index in [9.17, 15) is 18.0 Å². The molecule has 1 aromatic heterocycles. The minimum atomic E-state index is -4.58. The SMILES string of the molecule is COC(=O)Cc1cc(Br)cnc1C(F)(F)F. The highest BCUT2D eigenvalue weighted by Crippen LogP contribution is 2.31. The van der Waals surface area contributed by atoms with Crippen molar-refractivity contribution in [3.63, 3.8) is 0 Å². The number of alkyl halides is 3. The van der Waals surface area contributed by atoms with E-state index in [4.69, 9.17) is 0 Å². The quantitative estimate of drug-likeness (QED) is 0.788. The monoisotopic (exact) mass is 297 g/mol. The largest absolute Gasteiger partial charge is 0.469 e. The zero-order valence-corrected chi connectivity index (χ0v) is 9.72. The molecule has 0 spiro atoms. The number of carbonyl (C=O) groups excluding carboxylic acids is 1. The molecule has 1 aromatic rings. The van der Waals surface area contributed by atoms with Crippen molar-refractivity contribution >= 4 is 21.9 Å². The molecule has 88 valence electrons. The van der Waals surface area contributed by atoms with Crippen LogP contribution in [0.4, 0.5) is 13.2 Å². The summed E-state index contributed by atoms with van der Waals surface area (Å²) in [7, 11) is 1.11. The van der Waals surface area contributed by atoms with Gasteiger partial charge >= 0.3 is 12.1 Å². The van der Waals surface area contributed by atoms with E-state index in [1.165, 1.54) is 6.07 Å². The second kappa shape index (κ2) is 4.82. The Balaban J connectivity index is 3.13. The van der Waals surface area contributed by atoms with E-state index < -0.39 is 24.3 Å². The molecule has 0 unspecified atom stereocenters. The Kier molecular flexibility index (Phi) is 3.90. The van der Waals surface area contributed by atoms with Crippen LogP contribution in [0.25, 0.3) is 0 Å². The van der Waals surface area contributed by atoms with Crippen LogP contribution in [0.3, 0.4) is 0 Å². The van der Waals surface area contributed by atoms with Gasteiger partial charge in [-0.25, -0.2) is 0 Å². The van der Waals surface area contributed by atoms with Crippen molar-refractivity contribution < 1.29 is 22.7 Å². The molecule has 0 amide bonds. The zero-order valence-electron chi connectivity index (χ0n) is 8.14. The number of methoxy groups -OCH3 is 1. The molecular formula is C9H7BrF3NO2. The molecule has 0 aliphatic heterocycles. The molecule has 0 saturated heterocycles. The van der Waals surface area contributed by atoms with Crippen LogP contribution in [0.15, 0.2) is 16.7 Å². The lowest BCUT2D eigenvalue weighted by atomic mass is 10.1. The molecule has 0 radical (unpaired) electrons. The third-order valence-electron chi connectivity index (χ3n) is 1.76. The van der Waals surface area contributed by atoms with Crippen LogP contribution in [-0.4, -0.2) is 18.1 Å². The minimum Gasteiger partial charge on any atom is -0.469 e. The van der Waals surface area contributed by atoms with Crippen molar-refractivity contribution in [2.45, 2.75) is 12.6 Å². The fraction of sp³-hybridized carbons (Fsp3) is 0.333. The number of aromatic nitrogens is 1. The normalized spacial score (nSPS) is 11.3. The van der Waals surface area contributed by atoms with Crippen LogP contribution in [0.2, 0.25) is 0 Å². The molecule has 1 rings (SSSR count). The van der Waals surface area contributed by atoms with Gasteiger partial charge in [-0.1, -0.05) is 0 Å². The fourth-order valence-corrected chi connectivity index (χ4v) is 1.48. The first-order chi connectivity index (χ1) is 7.34. The van der Waals surface area contributed by atoms with Crippen LogP contribution < -0.4 is 0 Å². The lowest BCUT2D eigenvalue weighted by molar-refractivity contribution is -0.143. The maximum Gasteiger partial charge on any atom is 0.433 e. The number of nitrogens with zero attached hydrogens (tertiary/aromatic N) is 1. The lowest BCUT2D eigenvalue weighted by Gasteiger charge is -2.10. The van der Waals surface area contributed by atoms with Crippen molar-refractivity contribution in [2.75, 3.05) is 7.11 Å². The Morgan fingerprint density at radius 3 is 2.69 bits per heavy atom. The molecule has 0 aliphatic carbocycles. The highest BCUT2D eigenvalue weighted by atomic mass is 79.9. The smallest absolute Gasteiger partial charge is 0.433 e. The number of hydrogen-bond donors (Lipinski definition) is 0. The first kappa shape index (κ1) is 13.0. The van der Waals surface area contributed by atoms with Crippen LogP contribution in [0.1, 0.15) is 11.3 Å². The number of esters is 1. The van der Waals surface area contributed by atoms with Gasteiger partial charge in [-0.2, -0.15) is 13.2 Å². The molecule has 0 aliphatic rings. The van der Waals surface area contributed by atoms with Gasteiger partial charge in [0, 0.05) is 10.7 Å². The van der Waals surface area contributed by atoms with E-state index in [0.717, 1.165) is 13.3 Å². The molecule has 1 heterocycles. The summed E-state index contributed by atoms with van der Waals surface area (Å²) in [4.78, 5) is 14.2. The Bertz CT molecular complexity index is 406. The predicted octanol–water partition coefficient (Wildman–Crippen LogP) is 2.58. The molecular weight excluding hydrogens is 291 g/mol. The summed E-state index contributed by atoms with van der Waals surface area (Å²) in [6.07, 6.45) is -4.01. The second-order valence-corrected chi connectivity index (χ2v) is 3.83. The number of halogens is 4. The van der Waals surface area contributed by atoms with Gasteiger partial charge in [-0.3, -0.25) is 9.78 Å². The van der Waals surface area contributed by atoms with Crippen molar-refractivity contribution in [3.8, 4) is 0 Å². The number of rotatable bonds is 2. The highest BCUT2D eigenvalue weighted by Gasteiger charge is 2.35. The fourth-order valence-electron chi connectivity index (χ4n) is 1.10. The number of hydrogen-bond acceptors (Lipinski definition) is 3. The highest BCUT2D eigenvalue weighted by molar-refractivity contribution is 9.10. The van der Waals surface area contributed by atoms with Crippen LogP contribution in [0, 0.1) is 0 Å². The molecule has 0 fully saturated rings. The van der Waals surface area contributed by atoms with E-state index >= 15 is 0 Å². The Morgan fingerprint density at radius 1 is 1.56 bits per heavy atom. The molecule has 16 heavy (non-hydrogen) atoms. The number of ether oxygens (including phenoxy) is 1. The van der Waals surface area contributed by atoms with Gasteiger partial charge in [0.2, 0.25) is 0 Å². The topological polar surface area (TPSA) is 39.2 Å². The van der Waals surface area contributed by atoms with E-state index in [0.29, 0.717) is 4.47 Å². The van der Waals surface area contributed by atoms with Crippen LogP contribution in [-0.2, 0) is 22.1 Å².